The first-order valence-corrected chi connectivity index (χ1v) is 10.0. The van der Waals surface area contributed by atoms with Gasteiger partial charge in [0.1, 0.15) is 0 Å². The van der Waals surface area contributed by atoms with E-state index in [4.69, 9.17) is 0 Å². The first-order chi connectivity index (χ1) is 10.7. The minimum absolute atomic E-state index is 0.0586. The maximum atomic E-state index is 12.0. The van der Waals surface area contributed by atoms with Crippen molar-refractivity contribution >= 4 is 9.84 Å². The molecular formula is C18H26N2O2S. The fraction of sp³-hybridized carbons (Fsp3) is 0.611. The maximum absolute atomic E-state index is 12.0. The summed E-state index contributed by atoms with van der Waals surface area (Å²) in [6.07, 6.45) is 3.96. The van der Waals surface area contributed by atoms with Crippen molar-refractivity contribution in [3.63, 3.8) is 0 Å². The topological polar surface area (TPSA) is 61.2 Å². The number of hydrogen-bond donors (Lipinski definition) is 0. The number of hydrogen-bond acceptors (Lipinski definition) is 4. The second-order valence-corrected chi connectivity index (χ2v) is 9.44. The molecule has 1 aromatic rings. The average molecular weight is 334 g/mol. The Morgan fingerprint density at radius 2 is 1.96 bits per heavy atom. The molecule has 0 N–H and O–H groups in total. The Labute approximate surface area is 140 Å². The number of nitrogens with zero attached hydrogens (tertiary/aromatic N) is 2. The Morgan fingerprint density at radius 3 is 2.57 bits per heavy atom. The normalized spacial score (nSPS) is 22.3. The van der Waals surface area contributed by atoms with Gasteiger partial charge in [-0.1, -0.05) is 30.7 Å². The molecule has 1 fully saturated rings. The lowest BCUT2D eigenvalue weighted by Gasteiger charge is -2.30. The Bertz CT molecular complexity index is 704. The third-order valence-electron chi connectivity index (χ3n) is 4.92. The summed E-state index contributed by atoms with van der Waals surface area (Å²) in [4.78, 5) is 2.14. The van der Waals surface area contributed by atoms with E-state index in [1.54, 1.807) is 0 Å². The SMILES string of the molecule is CN(Cc1ccccc1C(C)(C)C#N)[C@H]1CCC[C@H]1S(C)(=O)=O. The molecule has 0 unspecified atom stereocenters. The van der Waals surface area contributed by atoms with Crippen molar-refractivity contribution in [1.29, 1.82) is 5.26 Å². The van der Waals surface area contributed by atoms with E-state index in [2.05, 4.69) is 11.0 Å². The molecule has 0 bridgehead atoms. The van der Waals surface area contributed by atoms with Gasteiger partial charge in [0.15, 0.2) is 9.84 Å². The molecular weight excluding hydrogens is 308 g/mol. The zero-order chi connectivity index (χ0) is 17.3. The predicted octanol–water partition coefficient (Wildman–Crippen LogP) is 2.89. The van der Waals surface area contributed by atoms with E-state index >= 15 is 0 Å². The van der Waals surface area contributed by atoms with Crippen LogP contribution in [0.1, 0.15) is 44.2 Å². The minimum Gasteiger partial charge on any atom is -0.298 e. The molecule has 0 aromatic heterocycles. The van der Waals surface area contributed by atoms with Crippen LogP contribution in [0.25, 0.3) is 0 Å². The summed E-state index contributed by atoms with van der Waals surface area (Å²) >= 11 is 0. The second-order valence-electron chi connectivity index (χ2n) is 7.18. The molecule has 1 saturated carbocycles. The summed E-state index contributed by atoms with van der Waals surface area (Å²) in [7, 11) is -1.04. The highest BCUT2D eigenvalue weighted by Gasteiger charge is 2.37. The van der Waals surface area contributed by atoms with E-state index in [0.717, 1.165) is 30.4 Å². The average Bonchev–Trinajstić information content (AvgIpc) is 2.97. The Kier molecular flexibility index (Phi) is 5.17. The lowest BCUT2D eigenvalue weighted by Crippen LogP contribution is -2.41. The maximum Gasteiger partial charge on any atom is 0.151 e. The lowest BCUT2D eigenvalue weighted by atomic mass is 9.83. The van der Waals surface area contributed by atoms with Crippen LogP contribution in [0.3, 0.4) is 0 Å². The van der Waals surface area contributed by atoms with Crippen LogP contribution >= 0.6 is 0 Å². The molecule has 0 amide bonds. The summed E-state index contributed by atoms with van der Waals surface area (Å²) in [5.41, 5.74) is 1.56. The Morgan fingerprint density at radius 1 is 1.30 bits per heavy atom. The van der Waals surface area contributed by atoms with Gasteiger partial charge in [-0.05, 0) is 44.9 Å². The van der Waals surface area contributed by atoms with Crippen molar-refractivity contribution in [2.75, 3.05) is 13.3 Å². The van der Waals surface area contributed by atoms with Gasteiger partial charge >= 0.3 is 0 Å². The zero-order valence-electron chi connectivity index (χ0n) is 14.4. The summed E-state index contributed by atoms with van der Waals surface area (Å²) in [5, 5.41) is 9.15. The van der Waals surface area contributed by atoms with E-state index < -0.39 is 15.3 Å². The first-order valence-electron chi connectivity index (χ1n) is 8.05. The zero-order valence-corrected chi connectivity index (χ0v) is 15.2. The van der Waals surface area contributed by atoms with E-state index in [0.29, 0.717) is 6.54 Å². The van der Waals surface area contributed by atoms with Crippen molar-refractivity contribution in [3.05, 3.63) is 35.4 Å². The fourth-order valence-corrected chi connectivity index (χ4v) is 5.13. The summed E-state index contributed by atoms with van der Waals surface area (Å²) in [6.45, 7) is 4.50. The van der Waals surface area contributed by atoms with Gasteiger partial charge in [-0.3, -0.25) is 4.90 Å². The second kappa shape index (κ2) is 6.62. The first kappa shape index (κ1) is 18.0. The fourth-order valence-electron chi connectivity index (χ4n) is 3.62. The number of benzene rings is 1. The molecule has 1 aliphatic carbocycles. The molecule has 0 heterocycles. The van der Waals surface area contributed by atoms with Crippen molar-refractivity contribution in [3.8, 4) is 6.07 Å². The molecule has 0 radical (unpaired) electrons. The molecule has 5 heteroatoms. The quantitative estimate of drug-likeness (QED) is 0.831. The molecule has 23 heavy (non-hydrogen) atoms. The van der Waals surface area contributed by atoms with Gasteiger partial charge in [0, 0.05) is 18.8 Å². The molecule has 1 aliphatic rings. The predicted molar refractivity (Wildman–Crippen MR) is 92.8 cm³/mol. The largest absolute Gasteiger partial charge is 0.298 e. The smallest absolute Gasteiger partial charge is 0.151 e. The van der Waals surface area contributed by atoms with Crippen LogP contribution in [0.4, 0.5) is 0 Å². The van der Waals surface area contributed by atoms with Crippen molar-refractivity contribution in [1.82, 2.24) is 4.90 Å². The monoisotopic (exact) mass is 334 g/mol. The molecule has 0 spiro atoms. The highest BCUT2D eigenvalue weighted by atomic mass is 32.2. The minimum atomic E-state index is -3.03. The standard InChI is InChI=1S/C18H26N2O2S/c1-18(2,13-19)15-9-6-5-8-14(15)12-20(3)16-10-7-11-17(16)23(4,21)22/h5-6,8-9,16-17H,7,10-12H2,1-4H3/t16-,17+/m0/s1. The Hall–Kier alpha value is -1.38. The van der Waals surface area contributed by atoms with Gasteiger partial charge in [0.25, 0.3) is 0 Å². The Balaban J connectivity index is 2.25. The third-order valence-corrected chi connectivity index (χ3v) is 6.57. The third kappa shape index (κ3) is 3.94. The number of nitriles is 1. The van der Waals surface area contributed by atoms with Crippen LogP contribution in [0.15, 0.2) is 24.3 Å². The van der Waals surface area contributed by atoms with Gasteiger partial charge in [0.05, 0.1) is 16.7 Å². The highest BCUT2D eigenvalue weighted by molar-refractivity contribution is 7.91. The van der Waals surface area contributed by atoms with Gasteiger partial charge in [0.2, 0.25) is 0 Å². The van der Waals surface area contributed by atoms with Crippen LogP contribution in [0, 0.1) is 11.3 Å². The van der Waals surface area contributed by atoms with Gasteiger partial charge in [-0.15, -0.1) is 0 Å². The van der Waals surface area contributed by atoms with Crippen molar-refractivity contribution < 1.29 is 8.42 Å². The molecule has 0 saturated heterocycles. The van der Waals surface area contributed by atoms with E-state index in [1.807, 2.05) is 45.2 Å². The van der Waals surface area contributed by atoms with Crippen molar-refractivity contribution in [2.45, 2.75) is 56.4 Å². The van der Waals surface area contributed by atoms with Crippen LogP contribution in [0.5, 0.6) is 0 Å². The summed E-state index contributed by atoms with van der Waals surface area (Å²) < 4.78 is 24.0. The molecule has 2 rings (SSSR count). The molecule has 2 atom stereocenters. The number of rotatable bonds is 5. The van der Waals surface area contributed by atoms with Crippen molar-refractivity contribution in [2.24, 2.45) is 0 Å². The van der Waals surface area contributed by atoms with Gasteiger partial charge in [-0.25, -0.2) is 8.42 Å². The van der Waals surface area contributed by atoms with Crippen LogP contribution < -0.4 is 0 Å². The molecule has 4 nitrogen and oxygen atoms in total. The summed E-state index contributed by atoms with van der Waals surface area (Å²) in [6, 6.07) is 10.4. The lowest BCUT2D eigenvalue weighted by molar-refractivity contribution is 0.237. The highest BCUT2D eigenvalue weighted by Crippen LogP contribution is 2.31. The molecule has 126 valence electrons. The molecule has 1 aromatic carbocycles. The van der Waals surface area contributed by atoms with E-state index in [-0.39, 0.29) is 11.3 Å². The van der Waals surface area contributed by atoms with Crippen LogP contribution in [0.2, 0.25) is 0 Å². The van der Waals surface area contributed by atoms with E-state index in [1.165, 1.54) is 6.26 Å². The van der Waals surface area contributed by atoms with Gasteiger partial charge < -0.3 is 0 Å². The van der Waals surface area contributed by atoms with Crippen LogP contribution in [-0.2, 0) is 21.8 Å². The number of sulfone groups is 1. The van der Waals surface area contributed by atoms with Crippen LogP contribution in [-0.4, -0.2) is 37.9 Å². The van der Waals surface area contributed by atoms with E-state index in [9.17, 15) is 13.7 Å². The van der Waals surface area contributed by atoms with Gasteiger partial charge in [-0.2, -0.15) is 5.26 Å². The molecule has 0 aliphatic heterocycles. The summed E-state index contributed by atoms with van der Waals surface area (Å²) in [5.74, 6) is 0.